The molecule has 4 nitrogen and oxygen atoms in total. The van der Waals surface area contributed by atoms with Crippen LogP contribution in [0.1, 0.15) is 28.8 Å². The van der Waals surface area contributed by atoms with E-state index in [1.165, 1.54) is 0 Å². The maximum atomic E-state index is 11.8. The van der Waals surface area contributed by atoms with Gasteiger partial charge in [-0.2, -0.15) is 5.26 Å². The highest BCUT2D eigenvalue weighted by Crippen LogP contribution is 2.11. The molecule has 1 saturated heterocycles. The number of carbonyl (C=O) groups is 1. The summed E-state index contributed by atoms with van der Waals surface area (Å²) in [5.74, 6) is -0.120. The number of nitrogens with zero attached hydrogens (tertiary/aromatic N) is 1. The van der Waals surface area contributed by atoms with Crippen LogP contribution in [0.2, 0.25) is 0 Å². The average Bonchev–Trinajstić information content (AvgIpc) is 2.89. The minimum Gasteiger partial charge on any atom is -0.376 e. The number of rotatable bonds is 3. The van der Waals surface area contributed by atoms with Crippen molar-refractivity contribution < 1.29 is 9.53 Å². The number of amides is 1. The molecule has 0 aliphatic carbocycles. The molecular weight excluding hydrogens is 216 g/mol. The Hall–Kier alpha value is -1.86. The molecule has 0 bridgehead atoms. The third-order valence-electron chi connectivity index (χ3n) is 2.79. The number of hydrogen-bond donors (Lipinski definition) is 1. The zero-order valence-electron chi connectivity index (χ0n) is 9.48. The van der Waals surface area contributed by atoms with Crippen molar-refractivity contribution in [3.05, 3.63) is 35.4 Å². The molecule has 0 radical (unpaired) electrons. The van der Waals surface area contributed by atoms with Crippen LogP contribution in [0.25, 0.3) is 0 Å². The van der Waals surface area contributed by atoms with Gasteiger partial charge in [0.2, 0.25) is 0 Å². The smallest absolute Gasteiger partial charge is 0.251 e. The van der Waals surface area contributed by atoms with Gasteiger partial charge in [0.1, 0.15) is 0 Å². The number of nitrogens with one attached hydrogen (secondary N) is 1. The normalized spacial score (nSPS) is 18.6. The minimum absolute atomic E-state index is 0.120. The maximum Gasteiger partial charge on any atom is 0.251 e. The Bertz CT molecular complexity index is 428. The largest absolute Gasteiger partial charge is 0.376 e. The third kappa shape index (κ3) is 3.05. The SMILES string of the molecule is N#Cc1ccc(C(=O)NCC2CCCO2)cc1. The first-order valence-corrected chi connectivity index (χ1v) is 5.69. The molecule has 1 aromatic rings. The Kier molecular flexibility index (Phi) is 3.73. The Morgan fingerprint density at radius 2 is 2.24 bits per heavy atom. The summed E-state index contributed by atoms with van der Waals surface area (Å²) in [5.41, 5.74) is 1.13. The topological polar surface area (TPSA) is 62.1 Å². The lowest BCUT2D eigenvalue weighted by Crippen LogP contribution is -2.31. The highest BCUT2D eigenvalue weighted by atomic mass is 16.5. The molecule has 0 aromatic heterocycles. The molecule has 1 fully saturated rings. The first kappa shape index (κ1) is 11.6. The lowest BCUT2D eigenvalue weighted by Gasteiger charge is -2.10. The second kappa shape index (κ2) is 5.46. The molecule has 88 valence electrons. The van der Waals surface area contributed by atoms with Crippen LogP contribution < -0.4 is 5.32 Å². The summed E-state index contributed by atoms with van der Waals surface area (Å²) in [6.07, 6.45) is 2.22. The van der Waals surface area contributed by atoms with Crippen molar-refractivity contribution in [2.75, 3.05) is 13.2 Å². The lowest BCUT2D eigenvalue weighted by molar-refractivity contribution is 0.0858. The molecule has 1 aliphatic rings. The number of hydrogen-bond acceptors (Lipinski definition) is 3. The summed E-state index contributed by atoms with van der Waals surface area (Å²) in [6, 6.07) is 8.61. The fraction of sp³-hybridized carbons (Fsp3) is 0.385. The Labute approximate surface area is 100 Å². The van der Waals surface area contributed by atoms with Gasteiger partial charge in [0, 0.05) is 18.7 Å². The van der Waals surface area contributed by atoms with Crippen LogP contribution in [0.4, 0.5) is 0 Å². The van der Waals surface area contributed by atoms with E-state index in [2.05, 4.69) is 5.32 Å². The van der Waals surface area contributed by atoms with E-state index in [0.717, 1.165) is 19.4 Å². The molecule has 4 heteroatoms. The van der Waals surface area contributed by atoms with Gasteiger partial charge in [-0.3, -0.25) is 4.79 Å². The molecule has 0 saturated carbocycles. The first-order chi connectivity index (χ1) is 8.29. The van der Waals surface area contributed by atoms with Crippen molar-refractivity contribution in [1.29, 1.82) is 5.26 Å². The Balaban J connectivity index is 1.88. The van der Waals surface area contributed by atoms with E-state index in [4.69, 9.17) is 10.00 Å². The fourth-order valence-corrected chi connectivity index (χ4v) is 1.81. The lowest BCUT2D eigenvalue weighted by atomic mass is 10.1. The van der Waals surface area contributed by atoms with Crippen molar-refractivity contribution in [3.63, 3.8) is 0 Å². The van der Waals surface area contributed by atoms with Crippen LogP contribution in [0, 0.1) is 11.3 Å². The molecule has 1 unspecified atom stereocenters. The number of benzene rings is 1. The zero-order valence-corrected chi connectivity index (χ0v) is 9.48. The molecule has 1 aliphatic heterocycles. The van der Waals surface area contributed by atoms with Crippen molar-refractivity contribution in [2.24, 2.45) is 0 Å². The van der Waals surface area contributed by atoms with Gasteiger partial charge in [-0.15, -0.1) is 0 Å². The van der Waals surface area contributed by atoms with Gasteiger partial charge in [-0.25, -0.2) is 0 Å². The molecule has 2 rings (SSSR count). The second-order valence-electron chi connectivity index (χ2n) is 4.03. The second-order valence-corrected chi connectivity index (χ2v) is 4.03. The zero-order chi connectivity index (χ0) is 12.1. The van der Waals surface area contributed by atoms with E-state index in [9.17, 15) is 4.79 Å². The van der Waals surface area contributed by atoms with Crippen LogP contribution in [0.3, 0.4) is 0 Å². The highest BCUT2D eigenvalue weighted by molar-refractivity contribution is 5.94. The van der Waals surface area contributed by atoms with Gasteiger partial charge >= 0.3 is 0 Å². The van der Waals surface area contributed by atoms with Gasteiger partial charge in [-0.1, -0.05) is 0 Å². The summed E-state index contributed by atoms with van der Waals surface area (Å²) >= 11 is 0. The van der Waals surface area contributed by atoms with E-state index in [1.807, 2.05) is 6.07 Å². The molecule has 1 aromatic carbocycles. The first-order valence-electron chi connectivity index (χ1n) is 5.69. The van der Waals surface area contributed by atoms with Crippen molar-refractivity contribution in [1.82, 2.24) is 5.32 Å². The highest BCUT2D eigenvalue weighted by Gasteiger charge is 2.16. The average molecular weight is 230 g/mol. The summed E-state index contributed by atoms with van der Waals surface area (Å²) in [6.45, 7) is 1.34. The molecule has 1 N–H and O–H groups in total. The van der Waals surface area contributed by atoms with Gasteiger partial charge in [0.15, 0.2) is 0 Å². The summed E-state index contributed by atoms with van der Waals surface area (Å²) in [4.78, 5) is 11.8. The van der Waals surface area contributed by atoms with E-state index < -0.39 is 0 Å². The van der Waals surface area contributed by atoms with Crippen molar-refractivity contribution in [2.45, 2.75) is 18.9 Å². The molecule has 0 spiro atoms. The third-order valence-corrected chi connectivity index (χ3v) is 2.79. The van der Waals surface area contributed by atoms with E-state index in [1.54, 1.807) is 24.3 Å². The van der Waals surface area contributed by atoms with Crippen LogP contribution in [-0.2, 0) is 4.74 Å². The van der Waals surface area contributed by atoms with E-state index in [0.29, 0.717) is 17.7 Å². The Morgan fingerprint density at radius 1 is 1.47 bits per heavy atom. The predicted molar refractivity (Wildman–Crippen MR) is 62.5 cm³/mol. The van der Waals surface area contributed by atoms with Gasteiger partial charge in [-0.05, 0) is 37.1 Å². The number of carbonyl (C=O) groups excluding carboxylic acids is 1. The van der Waals surface area contributed by atoms with Gasteiger partial charge < -0.3 is 10.1 Å². The molecule has 1 amide bonds. The van der Waals surface area contributed by atoms with Crippen LogP contribution >= 0.6 is 0 Å². The Morgan fingerprint density at radius 3 is 2.82 bits per heavy atom. The number of nitriles is 1. The van der Waals surface area contributed by atoms with E-state index in [-0.39, 0.29) is 12.0 Å². The van der Waals surface area contributed by atoms with Crippen molar-refractivity contribution in [3.8, 4) is 6.07 Å². The maximum absolute atomic E-state index is 11.8. The quantitative estimate of drug-likeness (QED) is 0.855. The summed E-state index contributed by atoms with van der Waals surface area (Å²) in [7, 11) is 0. The van der Waals surface area contributed by atoms with Crippen molar-refractivity contribution >= 4 is 5.91 Å². The monoisotopic (exact) mass is 230 g/mol. The van der Waals surface area contributed by atoms with Gasteiger partial charge in [0.05, 0.1) is 17.7 Å². The van der Waals surface area contributed by atoms with Crippen LogP contribution in [0.5, 0.6) is 0 Å². The summed E-state index contributed by atoms with van der Waals surface area (Å²) < 4.78 is 5.42. The minimum atomic E-state index is -0.120. The predicted octanol–water partition coefficient (Wildman–Crippen LogP) is 1.47. The van der Waals surface area contributed by atoms with Gasteiger partial charge in [0.25, 0.3) is 5.91 Å². The molecule has 1 atom stereocenters. The van der Waals surface area contributed by atoms with Crippen LogP contribution in [-0.4, -0.2) is 25.2 Å². The number of ether oxygens (including phenoxy) is 1. The summed E-state index contributed by atoms with van der Waals surface area (Å²) in [5, 5.41) is 11.5. The molecular formula is C13H14N2O2. The van der Waals surface area contributed by atoms with E-state index >= 15 is 0 Å². The standard InChI is InChI=1S/C13H14N2O2/c14-8-10-3-5-11(6-4-10)13(16)15-9-12-2-1-7-17-12/h3-6,12H,1-2,7,9H2,(H,15,16). The van der Waals surface area contributed by atoms with Crippen LogP contribution in [0.15, 0.2) is 24.3 Å². The molecule has 17 heavy (non-hydrogen) atoms. The fourth-order valence-electron chi connectivity index (χ4n) is 1.81. The molecule has 1 heterocycles.